The SMILES string of the molecule is COc1cccc(C(C)NC2CS(=O)(=O)C2)c1. The first-order valence-electron chi connectivity index (χ1n) is 5.60. The van der Waals surface area contributed by atoms with Gasteiger partial charge in [0.05, 0.1) is 18.6 Å². The van der Waals surface area contributed by atoms with E-state index in [9.17, 15) is 8.42 Å². The minimum atomic E-state index is -2.76. The van der Waals surface area contributed by atoms with E-state index in [-0.39, 0.29) is 23.6 Å². The zero-order valence-corrected chi connectivity index (χ0v) is 10.8. The molecule has 4 nitrogen and oxygen atoms in total. The fourth-order valence-corrected chi connectivity index (χ4v) is 3.34. The van der Waals surface area contributed by atoms with Crippen LogP contribution < -0.4 is 10.1 Å². The maximum Gasteiger partial charge on any atom is 0.153 e. The highest BCUT2D eigenvalue weighted by Gasteiger charge is 2.33. The molecular weight excluding hydrogens is 238 g/mol. The lowest BCUT2D eigenvalue weighted by atomic mass is 10.1. The van der Waals surface area contributed by atoms with Gasteiger partial charge in [0.1, 0.15) is 5.75 Å². The van der Waals surface area contributed by atoms with Crippen LogP contribution >= 0.6 is 0 Å². The molecule has 1 saturated heterocycles. The fraction of sp³-hybridized carbons (Fsp3) is 0.500. The average molecular weight is 255 g/mol. The lowest BCUT2D eigenvalue weighted by Crippen LogP contribution is -2.51. The number of hydrogen-bond donors (Lipinski definition) is 1. The first-order chi connectivity index (χ1) is 8.00. The van der Waals surface area contributed by atoms with Crippen molar-refractivity contribution in [3.63, 3.8) is 0 Å². The van der Waals surface area contributed by atoms with Crippen LogP contribution in [0.4, 0.5) is 0 Å². The summed E-state index contributed by atoms with van der Waals surface area (Å²) in [5.41, 5.74) is 1.11. The highest BCUT2D eigenvalue weighted by molar-refractivity contribution is 7.92. The standard InChI is InChI=1S/C12H17NO3S/c1-9(13-11-7-17(14,15)8-11)10-4-3-5-12(6-10)16-2/h3-6,9,11,13H,7-8H2,1-2H3. The number of methoxy groups -OCH3 is 1. The maximum absolute atomic E-state index is 11.1. The van der Waals surface area contributed by atoms with Crippen LogP contribution in [0.3, 0.4) is 0 Å². The van der Waals surface area contributed by atoms with Crippen LogP contribution in [0.5, 0.6) is 5.75 Å². The van der Waals surface area contributed by atoms with Crippen LogP contribution in [0.2, 0.25) is 0 Å². The Labute approximate surface area is 102 Å². The van der Waals surface area contributed by atoms with E-state index < -0.39 is 9.84 Å². The molecular formula is C12H17NO3S. The molecule has 1 heterocycles. The lowest BCUT2D eigenvalue weighted by Gasteiger charge is -2.30. The van der Waals surface area contributed by atoms with Gasteiger partial charge in [-0.2, -0.15) is 0 Å². The van der Waals surface area contributed by atoms with Gasteiger partial charge in [-0.1, -0.05) is 12.1 Å². The average Bonchev–Trinajstić information content (AvgIpc) is 2.26. The zero-order valence-electron chi connectivity index (χ0n) is 10.0. The van der Waals surface area contributed by atoms with Gasteiger partial charge in [-0.25, -0.2) is 8.42 Å². The highest BCUT2D eigenvalue weighted by atomic mass is 32.2. The van der Waals surface area contributed by atoms with Gasteiger partial charge in [0.15, 0.2) is 9.84 Å². The zero-order chi connectivity index (χ0) is 12.5. The third kappa shape index (κ3) is 2.98. The lowest BCUT2D eigenvalue weighted by molar-refractivity contribution is 0.412. The number of ether oxygens (including phenoxy) is 1. The van der Waals surface area contributed by atoms with Crippen LogP contribution in [0.25, 0.3) is 0 Å². The van der Waals surface area contributed by atoms with Crippen molar-refractivity contribution in [1.82, 2.24) is 5.32 Å². The Morgan fingerprint density at radius 1 is 1.41 bits per heavy atom. The largest absolute Gasteiger partial charge is 0.497 e. The summed E-state index contributed by atoms with van der Waals surface area (Å²) in [6, 6.07) is 8.01. The van der Waals surface area contributed by atoms with Crippen LogP contribution in [0, 0.1) is 0 Å². The summed E-state index contributed by atoms with van der Waals surface area (Å²) in [5, 5.41) is 3.30. The van der Waals surface area contributed by atoms with Crippen molar-refractivity contribution >= 4 is 9.84 Å². The summed E-state index contributed by atoms with van der Waals surface area (Å²) < 4.78 is 27.3. The van der Waals surface area contributed by atoms with Crippen molar-refractivity contribution in [3.8, 4) is 5.75 Å². The van der Waals surface area contributed by atoms with Crippen molar-refractivity contribution in [1.29, 1.82) is 0 Å². The van der Waals surface area contributed by atoms with Gasteiger partial charge in [0.25, 0.3) is 0 Å². The molecule has 0 bridgehead atoms. The second-order valence-corrected chi connectivity index (χ2v) is 6.59. The van der Waals surface area contributed by atoms with Gasteiger partial charge >= 0.3 is 0 Å². The van der Waals surface area contributed by atoms with Gasteiger partial charge in [-0.15, -0.1) is 0 Å². The van der Waals surface area contributed by atoms with E-state index >= 15 is 0 Å². The second-order valence-electron chi connectivity index (χ2n) is 4.44. The molecule has 1 aromatic carbocycles. The number of hydrogen-bond acceptors (Lipinski definition) is 4. The van der Waals surface area contributed by atoms with Crippen LogP contribution in [-0.4, -0.2) is 33.1 Å². The molecule has 0 aliphatic carbocycles. The Hall–Kier alpha value is -1.07. The number of sulfone groups is 1. The molecule has 1 aliphatic heterocycles. The van der Waals surface area contributed by atoms with Gasteiger partial charge in [-0.05, 0) is 24.6 Å². The minimum absolute atomic E-state index is 0.0844. The molecule has 2 rings (SSSR count). The minimum Gasteiger partial charge on any atom is -0.497 e. The van der Waals surface area contributed by atoms with Gasteiger partial charge in [0.2, 0.25) is 0 Å². The quantitative estimate of drug-likeness (QED) is 0.876. The Morgan fingerprint density at radius 2 is 2.12 bits per heavy atom. The molecule has 1 aromatic rings. The fourth-order valence-electron chi connectivity index (χ4n) is 2.02. The third-order valence-electron chi connectivity index (χ3n) is 2.99. The van der Waals surface area contributed by atoms with Crippen LogP contribution in [-0.2, 0) is 9.84 Å². The molecule has 1 aliphatic rings. The first kappa shape index (κ1) is 12.4. The van der Waals surface area contributed by atoms with Gasteiger partial charge in [-0.3, -0.25) is 0 Å². The summed E-state index contributed by atoms with van der Waals surface area (Å²) in [6.45, 7) is 2.03. The third-order valence-corrected chi connectivity index (χ3v) is 4.81. The Balaban J connectivity index is 1.97. The van der Waals surface area contributed by atoms with E-state index in [4.69, 9.17) is 4.74 Å². The Kier molecular flexibility index (Phi) is 3.40. The summed E-state index contributed by atoms with van der Waals surface area (Å²) >= 11 is 0. The first-order valence-corrected chi connectivity index (χ1v) is 7.43. The molecule has 0 aromatic heterocycles. The normalized spacial score (nSPS) is 20.6. The number of nitrogens with one attached hydrogen (secondary N) is 1. The molecule has 0 spiro atoms. The molecule has 0 amide bonds. The number of rotatable bonds is 4. The summed E-state index contributed by atoms with van der Waals surface area (Å²) in [4.78, 5) is 0. The summed E-state index contributed by atoms with van der Waals surface area (Å²) in [7, 11) is -1.12. The molecule has 1 fully saturated rings. The van der Waals surface area contributed by atoms with E-state index in [0.29, 0.717) is 0 Å². The van der Waals surface area contributed by atoms with Crippen LogP contribution in [0.15, 0.2) is 24.3 Å². The second kappa shape index (κ2) is 4.66. The molecule has 0 radical (unpaired) electrons. The molecule has 5 heteroatoms. The highest BCUT2D eigenvalue weighted by Crippen LogP contribution is 2.21. The topological polar surface area (TPSA) is 55.4 Å². The molecule has 1 N–H and O–H groups in total. The number of benzene rings is 1. The van der Waals surface area contributed by atoms with Crippen LogP contribution in [0.1, 0.15) is 18.5 Å². The van der Waals surface area contributed by atoms with E-state index in [1.807, 2.05) is 31.2 Å². The molecule has 17 heavy (non-hydrogen) atoms. The van der Waals surface area contributed by atoms with E-state index in [1.54, 1.807) is 7.11 Å². The summed E-state index contributed by atoms with van der Waals surface area (Å²) in [6.07, 6.45) is 0. The van der Waals surface area contributed by atoms with E-state index in [0.717, 1.165) is 11.3 Å². The van der Waals surface area contributed by atoms with E-state index in [2.05, 4.69) is 5.32 Å². The van der Waals surface area contributed by atoms with Crippen molar-refractivity contribution in [2.24, 2.45) is 0 Å². The smallest absolute Gasteiger partial charge is 0.153 e. The van der Waals surface area contributed by atoms with Crippen molar-refractivity contribution in [2.75, 3.05) is 18.6 Å². The summed E-state index contributed by atoms with van der Waals surface area (Å²) in [5.74, 6) is 1.32. The molecule has 1 unspecified atom stereocenters. The van der Waals surface area contributed by atoms with Gasteiger partial charge < -0.3 is 10.1 Å². The van der Waals surface area contributed by atoms with Crippen molar-refractivity contribution < 1.29 is 13.2 Å². The molecule has 94 valence electrons. The predicted octanol–water partition coefficient (Wildman–Crippen LogP) is 1.14. The Bertz CT molecular complexity index is 486. The van der Waals surface area contributed by atoms with Gasteiger partial charge in [0, 0.05) is 12.1 Å². The predicted molar refractivity (Wildman–Crippen MR) is 67.0 cm³/mol. The monoisotopic (exact) mass is 255 g/mol. The van der Waals surface area contributed by atoms with E-state index in [1.165, 1.54) is 0 Å². The maximum atomic E-state index is 11.1. The van der Waals surface area contributed by atoms with Crippen molar-refractivity contribution in [3.05, 3.63) is 29.8 Å². The molecule has 0 saturated carbocycles. The van der Waals surface area contributed by atoms with Crippen molar-refractivity contribution in [2.45, 2.75) is 19.0 Å². The Morgan fingerprint density at radius 3 is 2.71 bits per heavy atom. The molecule has 1 atom stereocenters.